The highest BCUT2D eigenvalue weighted by molar-refractivity contribution is 6.11. The minimum atomic E-state index is -0.345. The van der Waals surface area contributed by atoms with Crippen LogP contribution >= 0.6 is 0 Å². The van der Waals surface area contributed by atoms with E-state index in [0.717, 1.165) is 99.5 Å². The van der Waals surface area contributed by atoms with E-state index in [-0.39, 0.29) is 5.41 Å². The summed E-state index contributed by atoms with van der Waals surface area (Å²) >= 11 is 0. The van der Waals surface area contributed by atoms with Crippen LogP contribution in [0.1, 0.15) is 30.5 Å². The van der Waals surface area contributed by atoms with Gasteiger partial charge < -0.3 is 9.30 Å². The first-order valence-corrected chi connectivity index (χ1v) is 21.1. The molecule has 0 saturated heterocycles. The Hall–Kier alpha value is -8.40. The molecule has 63 heavy (non-hydrogen) atoms. The van der Waals surface area contributed by atoms with E-state index in [1.807, 2.05) is 24.3 Å². The zero-order valence-corrected chi connectivity index (χ0v) is 34.5. The molecule has 2 aromatic heterocycles. The van der Waals surface area contributed by atoms with E-state index in [9.17, 15) is 5.26 Å². The van der Waals surface area contributed by atoms with Gasteiger partial charge in [-0.1, -0.05) is 147 Å². The second kappa shape index (κ2) is 14.1. The van der Waals surface area contributed by atoms with Crippen LogP contribution in [-0.2, 0) is 5.41 Å². The maximum Gasteiger partial charge on any atom is 0.164 e. The molecule has 0 aliphatic carbocycles. The number of benzene rings is 9. The Morgan fingerprint density at radius 2 is 0.968 bits per heavy atom. The van der Waals surface area contributed by atoms with E-state index < -0.39 is 0 Å². The van der Waals surface area contributed by atoms with Crippen LogP contribution in [0, 0.1) is 11.3 Å². The molecule has 0 N–H and O–H groups in total. The third-order valence-electron chi connectivity index (χ3n) is 12.7. The predicted molar refractivity (Wildman–Crippen MR) is 254 cm³/mol. The molecule has 6 nitrogen and oxygen atoms in total. The Kier molecular flexibility index (Phi) is 8.15. The standard InChI is InChI=1S/C57H37N5O/c1-57(2)48-26-23-39(38-25-29-51-47(31-38)46-30-35(34-58)22-28-50(46)62(51)41-16-4-3-5-17-41)32-52(48)63-53-33-40(24-27-49(53)57)54-59-55(44-20-10-14-36-12-6-8-18-42(36)44)61-56(60-54)45-21-11-15-37-13-7-9-19-43(37)45/h3-33H,1-2H3. The summed E-state index contributed by atoms with van der Waals surface area (Å²) in [7, 11) is 0. The highest BCUT2D eigenvalue weighted by atomic mass is 16.5. The lowest BCUT2D eigenvalue weighted by molar-refractivity contribution is 0.418. The molecule has 0 radical (unpaired) electrons. The topological polar surface area (TPSA) is 76.6 Å². The van der Waals surface area contributed by atoms with Gasteiger partial charge in [-0.25, -0.2) is 15.0 Å². The fourth-order valence-electron chi connectivity index (χ4n) is 9.54. The first-order chi connectivity index (χ1) is 30.9. The normalized spacial score (nSPS) is 12.8. The van der Waals surface area contributed by atoms with Gasteiger partial charge >= 0.3 is 0 Å². The molecule has 0 amide bonds. The largest absolute Gasteiger partial charge is 0.457 e. The molecule has 1 aliphatic heterocycles. The van der Waals surface area contributed by atoms with Gasteiger partial charge in [0.2, 0.25) is 0 Å². The molecule has 0 saturated carbocycles. The summed E-state index contributed by atoms with van der Waals surface area (Å²) < 4.78 is 9.19. The van der Waals surface area contributed by atoms with Gasteiger partial charge in [-0.3, -0.25) is 0 Å². The molecule has 1 aliphatic rings. The molecule has 0 unspecified atom stereocenters. The van der Waals surface area contributed by atoms with Crippen LogP contribution in [0.2, 0.25) is 0 Å². The maximum absolute atomic E-state index is 9.84. The van der Waals surface area contributed by atoms with Crippen molar-refractivity contribution in [3.05, 3.63) is 205 Å². The summed E-state index contributed by atoms with van der Waals surface area (Å²) in [4.78, 5) is 15.6. The van der Waals surface area contributed by atoms with Gasteiger partial charge in [0.25, 0.3) is 0 Å². The van der Waals surface area contributed by atoms with Crippen molar-refractivity contribution < 1.29 is 4.74 Å². The number of para-hydroxylation sites is 1. The molecule has 6 heteroatoms. The summed E-state index contributed by atoms with van der Waals surface area (Å²) in [6, 6.07) is 67.4. The van der Waals surface area contributed by atoms with Crippen molar-refractivity contribution in [2.75, 3.05) is 0 Å². The van der Waals surface area contributed by atoms with Crippen molar-refractivity contribution in [3.8, 4) is 68.5 Å². The minimum absolute atomic E-state index is 0.345. The Balaban J connectivity index is 0.975. The number of nitriles is 1. The van der Waals surface area contributed by atoms with Crippen LogP contribution < -0.4 is 4.74 Å². The van der Waals surface area contributed by atoms with Gasteiger partial charge in [-0.2, -0.15) is 5.26 Å². The number of fused-ring (bicyclic) bond motifs is 7. The molecule has 9 aromatic carbocycles. The summed E-state index contributed by atoms with van der Waals surface area (Å²) in [5.41, 5.74) is 10.5. The van der Waals surface area contributed by atoms with E-state index in [1.54, 1.807) is 0 Å². The quantitative estimate of drug-likeness (QED) is 0.173. The Labute approximate surface area is 364 Å². The molecule has 12 rings (SSSR count). The van der Waals surface area contributed by atoms with E-state index in [1.165, 1.54) is 0 Å². The molecular formula is C57H37N5O. The zero-order chi connectivity index (χ0) is 42.2. The van der Waals surface area contributed by atoms with E-state index in [2.05, 4.69) is 188 Å². The van der Waals surface area contributed by atoms with Gasteiger partial charge in [-0.15, -0.1) is 0 Å². The fraction of sp³-hybridized carbons (Fsp3) is 0.0526. The number of rotatable bonds is 5. The zero-order valence-electron chi connectivity index (χ0n) is 34.5. The van der Waals surface area contributed by atoms with Crippen LogP contribution in [-0.4, -0.2) is 19.5 Å². The van der Waals surface area contributed by atoms with Gasteiger partial charge in [0.1, 0.15) is 11.5 Å². The third kappa shape index (κ3) is 5.89. The van der Waals surface area contributed by atoms with E-state index in [4.69, 9.17) is 19.7 Å². The Morgan fingerprint density at radius 3 is 1.62 bits per heavy atom. The molecule has 11 aromatic rings. The first-order valence-electron chi connectivity index (χ1n) is 21.1. The number of ether oxygens (including phenoxy) is 1. The number of nitrogens with zero attached hydrogens (tertiary/aromatic N) is 5. The molecule has 0 fully saturated rings. The van der Waals surface area contributed by atoms with Crippen LogP contribution in [0.3, 0.4) is 0 Å². The fourth-order valence-corrected chi connectivity index (χ4v) is 9.54. The van der Waals surface area contributed by atoms with E-state index in [0.29, 0.717) is 23.0 Å². The lowest BCUT2D eigenvalue weighted by Crippen LogP contribution is -2.24. The minimum Gasteiger partial charge on any atom is -0.457 e. The van der Waals surface area contributed by atoms with Crippen LogP contribution in [0.25, 0.3) is 94.3 Å². The molecular weight excluding hydrogens is 771 g/mol. The summed E-state index contributed by atoms with van der Waals surface area (Å²) in [6.45, 7) is 4.51. The third-order valence-corrected chi connectivity index (χ3v) is 12.7. The van der Waals surface area contributed by atoms with Crippen LogP contribution in [0.4, 0.5) is 0 Å². The molecule has 3 heterocycles. The van der Waals surface area contributed by atoms with Crippen molar-refractivity contribution in [3.63, 3.8) is 0 Å². The van der Waals surface area contributed by atoms with Crippen molar-refractivity contribution >= 4 is 43.4 Å². The van der Waals surface area contributed by atoms with Crippen molar-refractivity contribution in [2.45, 2.75) is 19.3 Å². The average molecular weight is 808 g/mol. The summed E-state index contributed by atoms with van der Waals surface area (Å²) in [5.74, 6) is 3.38. The number of aromatic nitrogens is 4. The first kappa shape index (κ1) is 36.5. The Bertz CT molecular complexity index is 3600. The smallest absolute Gasteiger partial charge is 0.164 e. The van der Waals surface area contributed by atoms with Gasteiger partial charge in [0.15, 0.2) is 17.5 Å². The number of hydrogen-bond donors (Lipinski definition) is 0. The molecule has 0 bridgehead atoms. The average Bonchev–Trinajstić information content (AvgIpc) is 3.66. The molecule has 0 atom stereocenters. The van der Waals surface area contributed by atoms with E-state index >= 15 is 0 Å². The van der Waals surface area contributed by atoms with Crippen LogP contribution in [0.5, 0.6) is 11.5 Å². The molecule has 0 spiro atoms. The highest BCUT2D eigenvalue weighted by Gasteiger charge is 2.35. The van der Waals surface area contributed by atoms with Crippen molar-refractivity contribution in [1.82, 2.24) is 19.5 Å². The van der Waals surface area contributed by atoms with Crippen LogP contribution in [0.15, 0.2) is 188 Å². The summed E-state index contributed by atoms with van der Waals surface area (Å²) in [5, 5.41) is 16.4. The lowest BCUT2D eigenvalue weighted by Gasteiger charge is -2.35. The van der Waals surface area contributed by atoms with Crippen molar-refractivity contribution in [2.24, 2.45) is 0 Å². The SMILES string of the molecule is CC1(C)c2ccc(-c3ccc4c(c3)c3cc(C#N)ccc3n4-c3ccccc3)cc2Oc2cc(-c3nc(-c4cccc5ccccc45)nc(-c4cccc5ccccc45)n3)ccc21. The predicted octanol–water partition coefficient (Wildman–Crippen LogP) is 14.2. The highest BCUT2D eigenvalue weighted by Crippen LogP contribution is 2.50. The Morgan fingerprint density at radius 1 is 0.460 bits per heavy atom. The lowest BCUT2D eigenvalue weighted by atomic mass is 9.75. The second-order valence-corrected chi connectivity index (χ2v) is 16.8. The molecule has 296 valence electrons. The summed E-state index contributed by atoms with van der Waals surface area (Å²) in [6.07, 6.45) is 0. The van der Waals surface area contributed by atoms with Gasteiger partial charge in [0, 0.05) is 49.7 Å². The van der Waals surface area contributed by atoms with Gasteiger partial charge in [-0.05, 0) is 87.3 Å². The van der Waals surface area contributed by atoms with Gasteiger partial charge in [0.05, 0.1) is 22.7 Å². The second-order valence-electron chi connectivity index (χ2n) is 16.8. The maximum atomic E-state index is 9.84. The van der Waals surface area contributed by atoms with Crippen molar-refractivity contribution in [1.29, 1.82) is 5.26 Å². The number of hydrogen-bond acceptors (Lipinski definition) is 5. The monoisotopic (exact) mass is 807 g/mol.